The fourth-order valence-corrected chi connectivity index (χ4v) is 1.17. The lowest BCUT2D eigenvalue weighted by molar-refractivity contribution is -0.654. The van der Waals surface area contributed by atoms with Gasteiger partial charge in [-0.3, -0.25) is 0 Å². The summed E-state index contributed by atoms with van der Waals surface area (Å²) in [5.74, 6) is 0. The summed E-state index contributed by atoms with van der Waals surface area (Å²) in [4.78, 5) is 20.1. The SMILES string of the molecule is O=[N+]([O-])N1CC12CN2[N+](=O)[O-]. The summed E-state index contributed by atoms with van der Waals surface area (Å²) in [6.45, 7) is 0.335. The van der Waals surface area contributed by atoms with Crippen LogP contribution in [0.1, 0.15) is 0 Å². The second-order valence-electron chi connectivity index (χ2n) is 2.57. The van der Waals surface area contributed by atoms with Crippen LogP contribution >= 0.6 is 0 Å². The molecule has 0 radical (unpaired) electrons. The Hall–Kier alpha value is -1.60. The Bertz CT molecular complexity index is 226. The maximum atomic E-state index is 10.1. The van der Waals surface area contributed by atoms with Gasteiger partial charge in [0.2, 0.25) is 0 Å². The van der Waals surface area contributed by atoms with Gasteiger partial charge in [-0.2, -0.15) is 0 Å². The van der Waals surface area contributed by atoms with Crippen LogP contribution in [0, 0.1) is 20.2 Å². The Kier molecular flexibility index (Phi) is 0.757. The van der Waals surface area contributed by atoms with E-state index in [1.807, 2.05) is 0 Å². The lowest BCUT2D eigenvalue weighted by atomic mass is 10.6. The summed E-state index contributed by atoms with van der Waals surface area (Å²) < 4.78 is 0. The molecule has 0 atom stereocenters. The van der Waals surface area contributed by atoms with Gasteiger partial charge in [-0.05, 0) is 0 Å². The molecule has 8 nitrogen and oxygen atoms in total. The molecule has 2 rings (SSSR count). The predicted molar refractivity (Wildman–Crippen MR) is 30.1 cm³/mol. The van der Waals surface area contributed by atoms with Crippen molar-refractivity contribution in [2.45, 2.75) is 5.66 Å². The van der Waals surface area contributed by atoms with Crippen LogP contribution in [0.2, 0.25) is 0 Å². The Morgan fingerprint density at radius 2 is 1.45 bits per heavy atom. The van der Waals surface area contributed by atoms with Gasteiger partial charge in [0, 0.05) is 0 Å². The van der Waals surface area contributed by atoms with Crippen LogP contribution in [0.15, 0.2) is 0 Å². The van der Waals surface area contributed by atoms with E-state index < -0.39 is 15.7 Å². The van der Waals surface area contributed by atoms with Gasteiger partial charge >= 0.3 is 0 Å². The second-order valence-corrected chi connectivity index (χ2v) is 2.57. The maximum Gasteiger partial charge on any atom is 0.273 e. The molecule has 0 aromatic heterocycles. The first kappa shape index (κ1) is 6.13. The largest absolute Gasteiger partial charge is 0.273 e. The number of hydrogen-bond donors (Lipinski definition) is 0. The van der Waals surface area contributed by atoms with E-state index in [-0.39, 0.29) is 13.1 Å². The molecule has 0 amide bonds. The second kappa shape index (κ2) is 1.36. The highest BCUT2D eigenvalue weighted by molar-refractivity contribution is 5.13. The molecule has 2 fully saturated rings. The molecule has 2 aliphatic rings. The van der Waals surface area contributed by atoms with Gasteiger partial charge in [-0.25, -0.2) is 20.2 Å². The van der Waals surface area contributed by atoms with Gasteiger partial charge in [-0.1, -0.05) is 10.0 Å². The predicted octanol–water partition coefficient (Wildman–Crippen LogP) is -1.30. The number of hydrogen-bond acceptors (Lipinski definition) is 4. The lowest BCUT2D eigenvalue weighted by Crippen LogP contribution is -2.18. The number of rotatable bonds is 2. The van der Waals surface area contributed by atoms with E-state index in [1.54, 1.807) is 0 Å². The van der Waals surface area contributed by atoms with E-state index in [4.69, 9.17) is 0 Å². The Morgan fingerprint density at radius 1 is 1.09 bits per heavy atom. The van der Waals surface area contributed by atoms with Crippen LogP contribution in [-0.2, 0) is 0 Å². The summed E-state index contributed by atoms with van der Waals surface area (Å²) in [5.41, 5.74) is -0.854. The zero-order valence-corrected chi connectivity index (χ0v) is 5.34. The first-order valence-electron chi connectivity index (χ1n) is 2.92. The minimum absolute atomic E-state index is 0.168. The molecule has 0 aromatic carbocycles. The molecule has 2 saturated heterocycles. The van der Waals surface area contributed by atoms with Crippen molar-refractivity contribution in [3.63, 3.8) is 0 Å². The van der Waals surface area contributed by atoms with Gasteiger partial charge in [0.25, 0.3) is 5.66 Å². The van der Waals surface area contributed by atoms with E-state index in [0.717, 1.165) is 10.0 Å². The van der Waals surface area contributed by atoms with E-state index in [0.29, 0.717) is 0 Å². The monoisotopic (exact) mass is 160 g/mol. The normalized spacial score (nSPS) is 23.6. The summed E-state index contributed by atoms with van der Waals surface area (Å²) in [6, 6.07) is 0. The van der Waals surface area contributed by atoms with Gasteiger partial charge in [0.15, 0.2) is 10.1 Å². The van der Waals surface area contributed by atoms with E-state index in [9.17, 15) is 20.2 Å². The molecule has 1 spiro atoms. The Labute approximate surface area is 60.2 Å². The number of nitro groups is 2. The van der Waals surface area contributed by atoms with E-state index >= 15 is 0 Å². The van der Waals surface area contributed by atoms with Gasteiger partial charge < -0.3 is 0 Å². The molecule has 0 unspecified atom stereocenters. The van der Waals surface area contributed by atoms with Crippen molar-refractivity contribution in [2.24, 2.45) is 0 Å². The minimum atomic E-state index is -0.854. The van der Waals surface area contributed by atoms with Crippen molar-refractivity contribution in [3.8, 4) is 0 Å². The molecule has 8 heteroatoms. The van der Waals surface area contributed by atoms with Gasteiger partial charge in [-0.15, -0.1) is 0 Å². The van der Waals surface area contributed by atoms with Crippen molar-refractivity contribution < 1.29 is 10.1 Å². The molecule has 11 heavy (non-hydrogen) atoms. The van der Waals surface area contributed by atoms with E-state index in [2.05, 4.69) is 0 Å². The molecule has 0 N–H and O–H groups in total. The van der Waals surface area contributed by atoms with Crippen molar-refractivity contribution in [2.75, 3.05) is 13.1 Å². The molecule has 0 saturated carbocycles. The highest BCUT2D eigenvalue weighted by atomic mass is 16.7. The van der Waals surface area contributed by atoms with Crippen molar-refractivity contribution >= 4 is 0 Å². The van der Waals surface area contributed by atoms with Crippen LogP contribution in [-0.4, -0.2) is 38.8 Å². The minimum Gasteiger partial charge on any atom is -0.235 e. The quantitative estimate of drug-likeness (QED) is 0.283. The molecule has 0 aromatic rings. The van der Waals surface area contributed by atoms with Crippen LogP contribution in [0.25, 0.3) is 0 Å². The topological polar surface area (TPSA) is 92.3 Å². The van der Waals surface area contributed by atoms with Crippen LogP contribution in [0.4, 0.5) is 0 Å². The molecule has 0 bridgehead atoms. The average Bonchev–Trinajstić information content (AvgIpc) is 2.72. The van der Waals surface area contributed by atoms with Crippen LogP contribution < -0.4 is 0 Å². The molecule has 2 aliphatic heterocycles. The van der Waals surface area contributed by atoms with Gasteiger partial charge in [0.05, 0.1) is 0 Å². The number of nitrogens with zero attached hydrogens (tertiary/aromatic N) is 4. The smallest absolute Gasteiger partial charge is 0.235 e. The summed E-state index contributed by atoms with van der Waals surface area (Å²) in [5, 5.41) is 20.6. The summed E-state index contributed by atoms with van der Waals surface area (Å²) >= 11 is 0. The van der Waals surface area contributed by atoms with Gasteiger partial charge in [0.1, 0.15) is 13.1 Å². The van der Waals surface area contributed by atoms with Crippen LogP contribution in [0.3, 0.4) is 0 Å². The molecular formula is C3H4N4O4. The maximum absolute atomic E-state index is 10.1. The van der Waals surface area contributed by atoms with Crippen molar-refractivity contribution in [1.29, 1.82) is 0 Å². The highest BCUT2D eigenvalue weighted by Crippen LogP contribution is 2.47. The fourth-order valence-electron chi connectivity index (χ4n) is 1.17. The Balaban J connectivity index is 2.02. The Morgan fingerprint density at radius 3 is 1.64 bits per heavy atom. The number of hydrazine groups is 2. The zero-order valence-electron chi connectivity index (χ0n) is 5.34. The third-order valence-electron chi connectivity index (χ3n) is 1.95. The molecule has 60 valence electrons. The first-order chi connectivity index (χ1) is 5.08. The van der Waals surface area contributed by atoms with Crippen LogP contribution in [0.5, 0.6) is 0 Å². The molecule has 2 heterocycles. The molecular weight excluding hydrogens is 156 g/mol. The third kappa shape index (κ3) is 0.578. The van der Waals surface area contributed by atoms with Crippen molar-refractivity contribution in [1.82, 2.24) is 10.0 Å². The fraction of sp³-hybridized carbons (Fsp3) is 1.00. The summed E-state index contributed by atoms with van der Waals surface area (Å²) in [6.07, 6.45) is 0. The average molecular weight is 160 g/mol. The summed E-state index contributed by atoms with van der Waals surface area (Å²) in [7, 11) is 0. The lowest BCUT2D eigenvalue weighted by Gasteiger charge is -1.89. The zero-order chi connectivity index (χ0) is 8.22. The molecule has 0 aliphatic carbocycles. The highest BCUT2D eigenvalue weighted by Gasteiger charge is 2.83. The standard InChI is InChI=1S/C3H4N4O4/c8-6(9)4-1-3(4)2-5(3)7(10)11/h1-2H2. The first-order valence-corrected chi connectivity index (χ1v) is 2.92. The van der Waals surface area contributed by atoms with Crippen molar-refractivity contribution in [3.05, 3.63) is 20.2 Å². The van der Waals surface area contributed by atoms with E-state index in [1.165, 1.54) is 0 Å². The third-order valence-corrected chi connectivity index (χ3v) is 1.95.